The molecule has 0 radical (unpaired) electrons. The van der Waals surface area contributed by atoms with Crippen molar-refractivity contribution in [3.8, 4) is 0 Å². The van der Waals surface area contributed by atoms with Crippen molar-refractivity contribution < 1.29 is 0 Å². The molecule has 2 aromatic rings. The van der Waals surface area contributed by atoms with Crippen molar-refractivity contribution in [2.24, 2.45) is 0 Å². The van der Waals surface area contributed by atoms with E-state index in [0.717, 1.165) is 5.52 Å². The standard InChI is InChI=1S/C11H11N.C2H6/c1-8-4-3-5-10-11(8)9(2)6-7-12-10;1-2/h3-7H,1-2H3;1-2H3. The van der Waals surface area contributed by atoms with Crippen LogP contribution in [-0.4, -0.2) is 4.98 Å². The molecule has 0 saturated heterocycles. The highest BCUT2D eigenvalue weighted by Crippen LogP contribution is 2.19. The molecule has 1 aromatic heterocycles. The molecule has 0 aliphatic heterocycles. The molecule has 0 atom stereocenters. The van der Waals surface area contributed by atoms with Crippen LogP contribution in [0.5, 0.6) is 0 Å². The molecule has 0 bridgehead atoms. The van der Waals surface area contributed by atoms with E-state index in [0.29, 0.717) is 0 Å². The van der Waals surface area contributed by atoms with Crippen molar-refractivity contribution in [1.29, 1.82) is 0 Å². The van der Waals surface area contributed by atoms with E-state index in [9.17, 15) is 0 Å². The summed E-state index contributed by atoms with van der Waals surface area (Å²) < 4.78 is 0. The van der Waals surface area contributed by atoms with Gasteiger partial charge in [-0.25, -0.2) is 0 Å². The van der Waals surface area contributed by atoms with Crippen LogP contribution >= 0.6 is 0 Å². The molecule has 0 N–H and O–H groups in total. The second-order valence-electron chi connectivity index (χ2n) is 3.10. The van der Waals surface area contributed by atoms with Crippen molar-refractivity contribution in [2.45, 2.75) is 27.7 Å². The fraction of sp³-hybridized carbons (Fsp3) is 0.308. The largest absolute Gasteiger partial charge is 0.256 e. The quantitative estimate of drug-likeness (QED) is 0.610. The summed E-state index contributed by atoms with van der Waals surface area (Å²) in [5, 5.41) is 1.29. The van der Waals surface area contributed by atoms with Gasteiger partial charge in [0.05, 0.1) is 5.52 Å². The van der Waals surface area contributed by atoms with Gasteiger partial charge in [-0.1, -0.05) is 26.0 Å². The maximum atomic E-state index is 4.30. The predicted molar refractivity (Wildman–Crippen MR) is 62.6 cm³/mol. The van der Waals surface area contributed by atoms with E-state index < -0.39 is 0 Å². The molecule has 2 rings (SSSR count). The average Bonchev–Trinajstić information content (AvgIpc) is 2.21. The number of nitrogens with zero attached hydrogens (tertiary/aromatic N) is 1. The molecule has 0 unspecified atom stereocenters. The first kappa shape index (κ1) is 10.7. The summed E-state index contributed by atoms with van der Waals surface area (Å²) in [5.74, 6) is 0. The van der Waals surface area contributed by atoms with E-state index in [1.165, 1.54) is 16.5 Å². The first-order chi connectivity index (χ1) is 6.79. The number of pyridine rings is 1. The van der Waals surface area contributed by atoms with E-state index >= 15 is 0 Å². The fourth-order valence-corrected chi connectivity index (χ4v) is 1.59. The van der Waals surface area contributed by atoms with Crippen molar-refractivity contribution in [2.75, 3.05) is 0 Å². The molecule has 74 valence electrons. The maximum Gasteiger partial charge on any atom is 0.0707 e. The number of hydrogen-bond donors (Lipinski definition) is 0. The summed E-state index contributed by atoms with van der Waals surface area (Å²) in [6.45, 7) is 8.24. The van der Waals surface area contributed by atoms with Crippen molar-refractivity contribution in [3.05, 3.63) is 41.6 Å². The fourth-order valence-electron chi connectivity index (χ4n) is 1.59. The monoisotopic (exact) mass is 187 g/mol. The highest BCUT2D eigenvalue weighted by Gasteiger charge is 1.98. The van der Waals surface area contributed by atoms with Gasteiger partial charge in [-0.05, 0) is 37.1 Å². The minimum atomic E-state index is 1.09. The summed E-state index contributed by atoms with van der Waals surface area (Å²) in [4.78, 5) is 4.30. The van der Waals surface area contributed by atoms with Crippen LogP contribution < -0.4 is 0 Å². The summed E-state index contributed by atoms with van der Waals surface area (Å²) in [6, 6.07) is 8.27. The average molecular weight is 187 g/mol. The third kappa shape index (κ3) is 1.92. The van der Waals surface area contributed by atoms with Crippen LogP contribution in [-0.2, 0) is 0 Å². The van der Waals surface area contributed by atoms with Crippen LogP contribution in [0.3, 0.4) is 0 Å². The lowest BCUT2D eigenvalue weighted by molar-refractivity contribution is 1.35. The minimum absolute atomic E-state index is 1.09. The summed E-state index contributed by atoms with van der Waals surface area (Å²) >= 11 is 0. The van der Waals surface area contributed by atoms with Crippen molar-refractivity contribution in [3.63, 3.8) is 0 Å². The van der Waals surface area contributed by atoms with Crippen molar-refractivity contribution in [1.82, 2.24) is 4.98 Å². The van der Waals surface area contributed by atoms with Gasteiger partial charge in [0, 0.05) is 11.6 Å². The van der Waals surface area contributed by atoms with Crippen molar-refractivity contribution >= 4 is 10.9 Å². The molecule has 1 nitrogen and oxygen atoms in total. The SMILES string of the molecule is CC.Cc1cccc2nccc(C)c12. The Bertz CT molecular complexity index is 382. The zero-order chi connectivity index (χ0) is 10.6. The molecule has 0 saturated carbocycles. The van der Waals surface area contributed by atoms with Gasteiger partial charge in [-0.2, -0.15) is 0 Å². The topological polar surface area (TPSA) is 12.9 Å². The number of hydrogen-bond acceptors (Lipinski definition) is 1. The Morgan fingerprint density at radius 1 is 0.929 bits per heavy atom. The number of aryl methyl sites for hydroxylation is 2. The van der Waals surface area contributed by atoms with Gasteiger partial charge in [0.2, 0.25) is 0 Å². The molecule has 14 heavy (non-hydrogen) atoms. The van der Waals surface area contributed by atoms with Gasteiger partial charge >= 0.3 is 0 Å². The number of benzene rings is 1. The molecule has 0 aliphatic rings. The van der Waals surface area contributed by atoms with Gasteiger partial charge in [0.25, 0.3) is 0 Å². The zero-order valence-corrected chi connectivity index (χ0v) is 9.33. The Hall–Kier alpha value is -1.37. The molecule has 0 fully saturated rings. The van der Waals surface area contributed by atoms with E-state index in [4.69, 9.17) is 0 Å². The van der Waals surface area contributed by atoms with Gasteiger partial charge in [-0.3, -0.25) is 4.98 Å². The van der Waals surface area contributed by atoms with Crippen LogP contribution in [0.1, 0.15) is 25.0 Å². The van der Waals surface area contributed by atoms with Gasteiger partial charge in [0.15, 0.2) is 0 Å². The molecular formula is C13H17N. The number of aromatic nitrogens is 1. The minimum Gasteiger partial charge on any atom is -0.256 e. The van der Waals surface area contributed by atoms with E-state index in [-0.39, 0.29) is 0 Å². The molecule has 0 amide bonds. The zero-order valence-electron chi connectivity index (χ0n) is 9.33. The molecule has 0 spiro atoms. The normalized spacial score (nSPS) is 9.43. The van der Waals surface area contributed by atoms with E-state index in [1.807, 2.05) is 26.1 Å². The lowest BCUT2D eigenvalue weighted by Crippen LogP contribution is -1.84. The van der Waals surface area contributed by atoms with E-state index in [1.54, 1.807) is 0 Å². The second kappa shape index (κ2) is 4.75. The second-order valence-corrected chi connectivity index (χ2v) is 3.10. The maximum absolute atomic E-state index is 4.30. The lowest BCUT2D eigenvalue weighted by Gasteiger charge is -2.03. The van der Waals surface area contributed by atoms with E-state index in [2.05, 4.69) is 37.0 Å². The highest BCUT2D eigenvalue weighted by atomic mass is 14.6. The van der Waals surface area contributed by atoms with Crippen LogP contribution in [0.15, 0.2) is 30.5 Å². The Kier molecular flexibility index (Phi) is 3.63. The first-order valence-electron chi connectivity index (χ1n) is 5.10. The Balaban J connectivity index is 0.000000461. The summed E-state index contributed by atoms with van der Waals surface area (Å²) in [6.07, 6.45) is 1.86. The number of fused-ring (bicyclic) bond motifs is 1. The Morgan fingerprint density at radius 2 is 1.57 bits per heavy atom. The van der Waals surface area contributed by atoms with Gasteiger partial charge in [-0.15, -0.1) is 0 Å². The first-order valence-corrected chi connectivity index (χ1v) is 5.10. The predicted octanol–water partition coefficient (Wildman–Crippen LogP) is 3.88. The molecular weight excluding hydrogens is 170 g/mol. The molecule has 0 aliphatic carbocycles. The third-order valence-corrected chi connectivity index (χ3v) is 2.18. The molecule has 1 heterocycles. The Morgan fingerprint density at radius 3 is 2.21 bits per heavy atom. The Labute approximate surface area is 85.8 Å². The molecule has 1 aromatic carbocycles. The smallest absolute Gasteiger partial charge is 0.0707 e. The molecule has 1 heteroatoms. The summed E-state index contributed by atoms with van der Waals surface area (Å²) in [5.41, 5.74) is 3.70. The van der Waals surface area contributed by atoms with Gasteiger partial charge < -0.3 is 0 Å². The van der Waals surface area contributed by atoms with Gasteiger partial charge in [0.1, 0.15) is 0 Å². The van der Waals surface area contributed by atoms with Crippen LogP contribution in [0.2, 0.25) is 0 Å². The van der Waals surface area contributed by atoms with Crippen LogP contribution in [0.25, 0.3) is 10.9 Å². The van der Waals surface area contributed by atoms with Crippen LogP contribution in [0.4, 0.5) is 0 Å². The third-order valence-electron chi connectivity index (χ3n) is 2.18. The number of rotatable bonds is 0. The highest BCUT2D eigenvalue weighted by molar-refractivity contribution is 5.84. The summed E-state index contributed by atoms with van der Waals surface area (Å²) in [7, 11) is 0. The lowest BCUT2D eigenvalue weighted by atomic mass is 10.1. The van der Waals surface area contributed by atoms with Crippen LogP contribution in [0, 0.1) is 13.8 Å².